The molecule has 11 heavy (non-hydrogen) atoms. The van der Waals surface area contributed by atoms with Crippen LogP contribution in [0.4, 0.5) is 0 Å². The molecule has 0 spiro atoms. The molecule has 0 fully saturated rings. The molecule has 2 heteroatoms. The van der Waals surface area contributed by atoms with Crippen LogP contribution in [0.3, 0.4) is 0 Å². The number of hydrogen-bond donors (Lipinski definition) is 0. The quantitative estimate of drug-likeness (QED) is 0.568. The minimum absolute atomic E-state index is 0.151. The van der Waals surface area contributed by atoms with Crippen LogP contribution >= 0.6 is 0 Å². The van der Waals surface area contributed by atoms with Crippen molar-refractivity contribution < 1.29 is 9.53 Å². The zero-order chi connectivity index (χ0) is 8.43. The largest absolute Gasteiger partial charge is 0.447 e. The standard InChI is InChI=1S/C9H13O2/c1-4-7-6(3)11-9(10)8(7)5-2/h4-5H2,1-3H3. The van der Waals surface area contributed by atoms with Gasteiger partial charge in [0.15, 0.2) is 6.10 Å². The van der Waals surface area contributed by atoms with Crippen LogP contribution in [0.1, 0.15) is 33.6 Å². The normalized spacial score (nSPS) is 19.4. The summed E-state index contributed by atoms with van der Waals surface area (Å²) in [6, 6.07) is 0. The van der Waals surface area contributed by atoms with Gasteiger partial charge in [-0.15, -0.1) is 0 Å². The van der Waals surface area contributed by atoms with E-state index < -0.39 is 0 Å². The number of rotatable bonds is 2. The van der Waals surface area contributed by atoms with Gasteiger partial charge in [-0.3, -0.25) is 0 Å². The summed E-state index contributed by atoms with van der Waals surface area (Å²) in [6.07, 6.45) is 2.45. The number of hydrogen-bond acceptors (Lipinski definition) is 2. The Bertz CT molecular complexity index is 204. The van der Waals surface area contributed by atoms with E-state index in [0.717, 1.165) is 30.1 Å². The van der Waals surface area contributed by atoms with Gasteiger partial charge in [0.05, 0.1) is 0 Å². The minimum atomic E-state index is -0.151. The Labute approximate surface area is 67.2 Å². The monoisotopic (exact) mass is 153 g/mol. The summed E-state index contributed by atoms with van der Waals surface area (Å²) in [4.78, 5) is 11.1. The molecule has 0 amide bonds. The summed E-state index contributed by atoms with van der Waals surface area (Å²) in [5.74, 6) is -0.151. The van der Waals surface area contributed by atoms with Gasteiger partial charge in [-0.05, 0) is 25.3 Å². The summed E-state index contributed by atoms with van der Waals surface area (Å²) < 4.78 is 4.97. The molecule has 61 valence electrons. The zero-order valence-corrected chi connectivity index (χ0v) is 7.23. The van der Waals surface area contributed by atoms with Crippen molar-refractivity contribution in [1.29, 1.82) is 0 Å². The first kappa shape index (κ1) is 8.31. The SMILES string of the molecule is CCC1=C(CC)C(=O)O[C]1C. The van der Waals surface area contributed by atoms with Crippen molar-refractivity contribution in [2.24, 2.45) is 0 Å². The van der Waals surface area contributed by atoms with Crippen molar-refractivity contribution in [3.63, 3.8) is 0 Å². The van der Waals surface area contributed by atoms with Gasteiger partial charge in [0.1, 0.15) is 0 Å². The van der Waals surface area contributed by atoms with Gasteiger partial charge < -0.3 is 4.74 Å². The lowest BCUT2D eigenvalue weighted by atomic mass is 10.0. The van der Waals surface area contributed by atoms with Crippen molar-refractivity contribution in [3.05, 3.63) is 17.3 Å². The molecule has 0 saturated carbocycles. The van der Waals surface area contributed by atoms with Crippen molar-refractivity contribution >= 4 is 5.97 Å². The third-order valence-corrected chi connectivity index (χ3v) is 1.99. The van der Waals surface area contributed by atoms with Crippen LogP contribution in [0.5, 0.6) is 0 Å². The van der Waals surface area contributed by atoms with E-state index >= 15 is 0 Å². The Morgan fingerprint density at radius 1 is 1.18 bits per heavy atom. The lowest BCUT2D eigenvalue weighted by Gasteiger charge is -2.02. The maximum absolute atomic E-state index is 11.1. The lowest BCUT2D eigenvalue weighted by molar-refractivity contribution is -0.135. The third kappa shape index (κ3) is 1.30. The lowest BCUT2D eigenvalue weighted by Crippen LogP contribution is -1.98. The van der Waals surface area contributed by atoms with E-state index in [0.29, 0.717) is 0 Å². The molecule has 1 radical (unpaired) electrons. The fraction of sp³-hybridized carbons (Fsp3) is 0.556. The molecular formula is C9H13O2. The third-order valence-electron chi connectivity index (χ3n) is 1.99. The first-order chi connectivity index (χ1) is 5.20. The van der Waals surface area contributed by atoms with Gasteiger partial charge in [-0.1, -0.05) is 13.8 Å². The van der Waals surface area contributed by atoms with Crippen LogP contribution in [-0.2, 0) is 9.53 Å². The van der Waals surface area contributed by atoms with Crippen molar-refractivity contribution in [2.45, 2.75) is 33.6 Å². The molecule has 0 aromatic heterocycles. The molecule has 1 heterocycles. The summed E-state index contributed by atoms with van der Waals surface area (Å²) in [6.45, 7) is 5.86. The molecule has 0 saturated heterocycles. The minimum Gasteiger partial charge on any atom is -0.447 e. The average Bonchev–Trinajstić information content (AvgIpc) is 2.24. The molecular weight excluding hydrogens is 140 g/mol. The van der Waals surface area contributed by atoms with Crippen molar-refractivity contribution in [2.75, 3.05) is 0 Å². The van der Waals surface area contributed by atoms with Gasteiger partial charge >= 0.3 is 5.97 Å². The van der Waals surface area contributed by atoms with Gasteiger partial charge in [-0.25, -0.2) is 4.79 Å². The maximum Gasteiger partial charge on any atom is 0.335 e. The van der Waals surface area contributed by atoms with Crippen LogP contribution in [0, 0.1) is 6.10 Å². The zero-order valence-electron chi connectivity index (χ0n) is 7.23. The molecule has 0 N–H and O–H groups in total. The highest BCUT2D eigenvalue weighted by Gasteiger charge is 2.29. The van der Waals surface area contributed by atoms with Gasteiger partial charge in [-0.2, -0.15) is 0 Å². The Kier molecular flexibility index (Phi) is 2.32. The second-order valence-corrected chi connectivity index (χ2v) is 2.61. The number of carbonyl (C=O) groups is 1. The van der Waals surface area contributed by atoms with E-state index in [2.05, 4.69) is 0 Å². The Morgan fingerprint density at radius 3 is 2.09 bits per heavy atom. The van der Waals surface area contributed by atoms with E-state index in [1.165, 1.54) is 0 Å². The summed E-state index contributed by atoms with van der Waals surface area (Å²) >= 11 is 0. The van der Waals surface area contributed by atoms with Gasteiger partial charge in [0.25, 0.3) is 0 Å². The molecule has 2 nitrogen and oxygen atoms in total. The fourth-order valence-electron chi connectivity index (χ4n) is 1.42. The molecule has 1 aliphatic rings. The number of ether oxygens (including phenoxy) is 1. The molecule has 0 atom stereocenters. The number of cyclic esters (lactones) is 1. The van der Waals surface area contributed by atoms with Gasteiger partial charge in [0, 0.05) is 5.57 Å². The van der Waals surface area contributed by atoms with E-state index in [9.17, 15) is 4.79 Å². The Morgan fingerprint density at radius 2 is 1.73 bits per heavy atom. The topological polar surface area (TPSA) is 26.3 Å². The van der Waals surface area contributed by atoms with Crippen LogP contribution in [0.25, 0.3) is 0 Å². The van der Waals surface area contributed by atoms with Crippen molar-refractivity contribution in [1.82, 2.24) is 0 Å². The number of carbonyl (C=O) groups excluding carboxylic acids is 1. The Hall–Kier alpha value is -0.790. The highest BCUT2D eigenvalue weighted by molar-refractivity contribution is 5.93. The second-order valence-electron chi connectivity index (χ2n) is 2.61. The predicted octanol–water partition coefficient (Wildman–Crippen LogP) is 2.21. The molecule has 1 rings (SSSR count). The average molecular weight is 153 g/mol. The predicted molar refractivity (Wildman–Crippen MR) is 42.6 cm³/mol. The highest BCUT2D eigenvalue weighted by atomic mass is 16.5. The van der Waals surface area contributed by atoms with E-state index in [1.807, 2.05) is 20.8 Å². The van der Waals surface area contributed by atoms with Gasteiger partial charge in [0.2, 0.25) is 0 Å². The van der Waals surface area contributed by atoms with Crippen LogP contribution in [-0.4, -0.2) is 5.97 Å². The fourth-order valence-corrected chi connectivity index (χ4v) is 1.42. The van der Waals surface area contributed by atoms with Crippen molar-refractivity contribution in [3.8, 4) is 0 Å². The van der Waals surface area contributed by atoms with Crippen LogP contribution < -0.4 is 0 Å². The number of esters is 1. The molecule has 0 aromatic carbocycles. The molecule has 1 aliphatic heterocycles. The smallest absolute Gasteiger partial charge is 0.335 e. The van der Waals surface area contributed by atoms with E-state index in [-0.39, 0.29) is 5.97 Å². The molecule has 0 unspecified atom stereocenters. The maximum atomic E-state index is 11.1. The second kappa shape index (κ2) is 3.07. The Balaban J connectivity index is 2.92. The van der Waals surface area contributed by atoms with Crippen LogP contribution in [0.15, 0.2) is 11.1 Å². The van der Waals surface area contributed by atoms with E-state index in [1.54, 1.807) is 0 Å². The first-order valence-corrected chi connectivity index (χ1v) is 3.98. The molecule has 0 bridgehead atoms. The van der Waals surface area contributed by atoms with Crippen LogP contribution in [0.2, 0.25) is 0 Å². The summed E-state index contributed by atoms with van der Waals surface area (Å²) in [5.41, 5.74) is 1.95. The van der Waals surface area contributed by atoms with E-state index in [4.69, 9.17) is 4.74 Å². The summed E-state index contributed by atoms with van der Waals surface area (Å²) in [7, 11) is 0. The highest BCUT2D eigenvalue weighted by Crippen LogP contribution is 2.31. The first-order valence-electron chi connectivity index (χ1n) is 3.98. The molecule has 0 aromatic rings. The molecule has 0 aliphatic carbocycles. The summed E-state index contributed by atoms with van der Waals surface area (Å²) in [5, 5.41) is 0.